The van der Waals surface area contributed by atoms with Crippen LogP contribution in [0, 0.1) is 0 Å². The van der Waals surface area contributed by atoms with Gasteiger partial charge in [-0.3, -0.25) is 4.79 Å². The Morgan fingerprint density at radius 2 is 1.89 bits per heavy atom. The van der Waals surface area contributed by atoms with E-state index in [1.54, 1.807) is 0 Å². The fourth-order valence-electron chi connectivity index (χ4n) is 3.13. The first-order chi connectivity index (χ1) is 12.8. The van der Waals surface area contributed by atoms with Gasteiger partial charge in [-0.05, 0) is 49.9 Å². The molecule has 7 heteroatoms. The van der Waals surface area contributed by atoms with Crippen LogP contribution in [0.3, 0.4) is 0 Å². The molecular formula is C20H22ClNO4S. The van der Waals surface area contributed by atoms with E-state index in [1.807, 2.05) is 24.3 Å². The van der Waals surface area contributed by atoms with Crippen molar-refractivity contribution < 1.29 is 17.9 Å². The van der Waals surface area contributed by atoms with Gasteiger partial charge in [0.25, 0.3) is 5.91 Å². The molecule has 0 aliphatic heterocycles. The summed E-state index contributed by atoms with van der Waals surface area (Å²) >= 11 is 6.09. The average molecular weight is 408 g/mol. The van der Waals surface area contributed by atoms with Crippen molar-refractivity contribution in [2.45, 2.75) is 43.2 Å². The van der Waals surface area contributed by atoms with Crippen LogP contribution < -0.4 is 10.1 Å². The lowest BCUT2D eigenvalue weighted by molar-refractivity contribution is 0.0950. The van der Waals surface area contributed by atoms with Crippen LogP contribution in [0.1, 0.15) is 41.6 Å². The second-order valence-corrected chi connectivity index (χ2v) is 9.15. The van der Waals surface area contributed by atoms with E-state index in [1.165, 1.54) is 31.0 Å². The summed E-state index contributed by atoms with van der Waals surface area (Å²) < 4.78 is 29.5. The highest BCUT2D eigenvalue weighted by molar-refractivity contribution is 7.90. The molecular weight excluding hydrogens is 386 g/mol. The van der Waals surface area contributed by atoms with Gasteiger partial charge in [0, 0.05) is 18.4 Å². The molecule has 1 aliphatic carbocycles. The number of hydrogen-bond donors (Lipinski definition) is 1. The summed E-state index contributed by atoms with van der Waals surface area (Å²) in [4.78, 5) is 12.6. The molecule has 144 valence electrons. The second-order valence-electron chi connectivity index (χ2n) is 6.73. The highest BCUT2D eigenvalue weighted by Gasteiger charge is 2.19. The molecule has 1 aliphatic rings. The van der Waals surface area contributed by atoms with Crippen LogP contribution in [-0.4, -0.2) is 26.7 Å². The van der Waals surface area contributed by atoms with Crippen molar-refractivity contribution in [3.05, 3.63) is 58.6 Å². The molecule has 27 heavy (non-hydrogen) atoms. The van der Waals surface area contributed by atoms with E-state index in [0.29, 0.717) is 0 Å². The van der Waals surface area contributed by atoms with Crippen molar-refractivity contribution in [3.63, 3.8) is 0 Å². The van der Waals surface area contributed by atoms with Crippen molar-refractivity contribution in [1.82, 2.24) is 5.32 Å². The Morgan fingerprint density at radius 1 is 1.19 bits per heavy atom. The molecule has 2 aromatic rings. The molecule has 3 rings (SSSR count). The molecule has 0 saturated heterocycles. The summed E-state index contributed by atoms with van der Waals surface area (Å²) in [5.74, 6) is 0.335. The van der Waals surface area contributed by atoms with E-state index in [4.69, 9.17) is 16.3 Å². The Bertz CT molecular complexity index is 937. The molecule has 0 spiro atoms. The number of rotatable bonds is 6. The standard InChI is InChI=1S/C20H22ClNO4S/c1-27(24,25)16-10-11-18(21)17(12-16)20(23)22-13-14-6-2-5-9-19(14)26-15-7-3-4-8-15/h2,5-6,9-12,15H,3-4,7-8,13H2,1H3,(H,22,23). The lowest BCUT2D eigenvalue weighted by Gasteiger charge is -2.17. The molecule has 0 heterocycles. The zero-order valence-corrected chi connectivity index (χ0v) is 16.6. The summed E-state index contributed by atoms with van der Waals surface area (Å²) in [5, 5.41) is 3.01. The van der Waals surface area contributed by atoms with Crippen molar-refractivity contribution in [2.75, 3.05) is 6.26 Å². The van der Waals surface area contributed by atoms with Crippen LogP contribution in [0.2, 0.25) is 5.02 Å². The number of halogens is 1. The number of ether oxygens (including phenoxy) is 1. The number of carbonyl (C=O) groups is 1. The minimum Gasteiger partial charge on any atom is -0.490 e. The van der Waals surface area contributed by atoms with Gasteiger partial charge >= 0.3 is 0 Å². The molecule has 1 amide bonds. The number of nitrogens with one attached hydrogen (secondary N) is 1. The van der Waals surface area contributed by atoms with Gasteiger partial charge in [0.1, 0.15) is 5.75 Å². The molecule has 0 atom stereocenters. The topological polar surface area (TPSA) is 72.5 Å². The minimum atomic E-state index is -3.42. The Hall–Kier alpha value is -2.05. The van der Waals surface area contributed by atoms with Crippen molar-refractivity contribution >= 4 is 27.3 Å². The summed E-state index contributed by atoms with van der Waals surface area (Å²) in [6.45, 7) is 0.265. The number of amides is 1. The predicted octanol–water partition coefficient (Wildman–Crippen LogP) is 3.99. The highest BCUT2D eigenvalue weighted by Crippen LogP contribution is 2.27. The SMILES string of the molecule is CS(=O)(=O)c1ccc(Cl)c(C(=O)NCc2ccccc2OC2CCCC2)c1. The third-order valence-corrected chi connectivity index (χ3v) is 6.06. The van der Waals surface area contributed by atoms with Crippen molar-refractivity contribution in [3.8, 4) is 5.75 Å². The van der Waals surface area contributed by atoms with Gasteiger partial charge in [-0.15, -0.1) is 0 Å². The van der Waals surface area contributed by atoms with Crippen LogP contribution in [0.4, 0.5) is 0 Å². The fourth-order valence-corrected chi connectivity index (χ4v) is 3.98. The van der Waals surface area contributed by atoms with Gasteiger partial charge in [-0.25, -0.2) is 8.42 Å². The zero-order valence-electron chi connectivity index (χ0n) is 15.1. The average Bonchev–Trinajstić information content (AvgIpc) is 3.13. The minimum absolute atomic E-state index is 0.0574. The monoisotopic (exact) mass is 407 g/mol. The largest absolute Gasteiger partial charge is 0.490 e. The van der Waals surface area contributed by atoms with Gasteiger partial charge in [-0.2, -0.15) is 0 Å². The number of hydrogen-bond acceptors (Lipinski definition) is 4. The molecule has 0 aromatic heterocycles. The molecule has 0 radical (unpaired) electrons. The van der Waals surface area contributed by atoms with E-state index in [0.717, 1.165) is 30.4 Å². The smallest absolute Gasteiger partial charge is 0.253 e. The lowest BCUT2D eigenvalue weighted by Crippen LogP contribution is -2.24. The highest BCUT2D eigenvalue weighted by atomic mass is 35.5. The first kappa shape index (κ1) is 19.7. The number of sulfone groups is 1. The Morgan fingerprint density at radius 3 is 2.59 bits per heavy atom. The fraction of sp³-hybridized carbons (Fsp3) is 0.350. The van der Waals surface area contributed by atoms with Crippen LogP contribution in [0.25, 0.3) is 0 Å². The van der Waals surface area contributed by atoms with Gasteiger partial charge in [0.15, 0.2) is 9.84 Å². The Balaban J connectivity index is 1.73. The van der Waals surface area contributed by atoms with Gasteiger partial charge in [0.2, 0.25) is 0 Å². The predicted molar refractivity (Wildman–Crippen MR) is 105 cm³/mol. The number of para-hydroxylation sites is 1. The van der Waals surface area contributed by atoms with Gasteiger partial charge in [0.05, 0.1) is 21.6 Å². The van der Waals surface area contributed by atoms with Crippen LogP contribution >= 0.6 is 11.6 Å². The maximum atomic E-state index is 12.5. The third-order valence-electron chi connectivity index (χ3n) is 4.62. The van der Waals surface area contributed by atoms with E-state index in [2.05, 4.69) is 5.32 Å². The molecule has 1 saturated carbocycles. The zero-order chi connectivity index (χ0) is 19.4. The number of carbonyl (C=O) groups excluding carboxylic acids is 1. The molecule has 0 unspecified atom stereocenters. The Labute approximate surface area is 164 Å². The Kier molecular flexibility index (Phi) is 6.07. The first-order valence-electron chi connectivity index (χ1n) is 8.87. The molecule has 1 N–H and O–H groups in total. The summed E-state index contributed by atoms with van der Waals surface area (Å²) in [5.41, 5.74) is 1.00. The molecule has 1 fully saturated rings. The quantitative estimate of drug-likeness (QED) is 0.785. The molecule has 5 nitrogen and oxygen atoms in total. The second kappa shape index (κ2) is 8.31. The third kappa shape index (κ3) is 5.02. The normalized spacial score (nSPS) is 14.9. The van der Waals surface area contributed by atoms with Crippen LogP contribution in [0.5, 0.6) is 5.75 Å². The molecule has 2 aromatic carbocycles. The summed E-state index contributed by atoms with van der Waals surface area (Å²) in [6, 6.07) is 11.7. The molecule has 0 bridgehead atoms. The van der Waals surface area contributed by atoms with E-state index in [-0.39, 0.29) is 28.1 Å². The van der Waals surface area contributed by atoms with Gasteiger partial charge < -0.3 is 10.1 Å². The number of benzene rings is 2. The first-order valence-corrected chi connectivity index (χ1v) is 11.1. The van der Waals surface area contributed by atoms with Crippen molar-refractivity contribution in [1.29, 1.82) is 0 Å². The maximum absolute atomic E-state index is 12.5. The maximum Gasteiger partial charge on any atom is 0.253 e. The van der Waals surface area contributed by atoms with Crippen LogP contribution in [0.15, 0.2) is 47.4 Å². The van der Waals surface area contributed by atoms with Crippen molar-refractivity contribution in [2.24, 2.45) is 0 Å². The summed E-state index contributed by atoms with van der Waals surface area (Å²) in [6.07, 6.45) is 5.78. The van der Waals surface area contributed by atoms with Crippen LogP contribution in [-0.2, 0) is 16.4 Å². The van der Waals surface area contributed by atoms with E-state index in [9.17, 15) is 13.2 Å². The van der Waals surface area contributed by atoms with Gasteiger partial charge in [-0.1, -0.05) is 29.8 Å². The summed E-state index contributed by atoms with van der Waals surface area (Å²) in [7, 11) is -3.42. The van der Waals surface area contributed by atoms with E-state index < -0.39 is 15.7 Å². The van der Waals surface area contributed by atoms with E-state index >= 15 is 0 Å². The lowest BCUT2D eigenvalue weighted by atomic mass is 10.1.